The van der Waals surface area contributed by atoms with Crippen molar-refractivity contribution in [2.75, 3.05) is 70.6 Å². The lowest BCUT2D eigenvalue weighted by Crippen LogP contribution is -2.51. The van der Waals surface area contributed by atoms with Crippen molar-refractivity contribution in [1.29, 1.82) is 0 Å². The fourth-order valence-corrected chi connectivity index (χ4v) is 5.52. The number of carbonyl (C=O) groups is 2. The molecule has 1 atom stereocenters. The zero-order valence-electron chi connectivity index (χ0n) is 19.7. The van der Waals surface area contributed by atoms with Crippen molar-refractivity contribution in [3.8, 4) is 5.75 Å². The Balaban J connectivity index is 1.43. The number of hydrogen-bond acceptors (Lipinski definition) is 7. The van der Waals surface area contributed by atoms with Gasteiger partial charge in [-0.3, -0.25) is 14.6 Å². The lowest BCUT2D eigenvalue weighted by molar-refractivity contribution is -0.134. The van der Waals surface area contributed by atoms with E-state index < -0.39 is 11.4 Å². The summed E-state index contributed by atoms with van der Waals surface area (Å²) < 4.78 is 19.3. The summed E-state index contributed by atoms with van der Waals surface area (Å²) in [7, 11) is 1.63. The zero-order valence-corrected chi connectivity index (χ0v) is 20.6. The van der Waals surface area contributed by atoms with Gasteiger partial charge in [0.2, 0.25) is 5.91 Å². The molecule has 2 saturated heterocycles. The second-order valence-electron chi connectivity index (χ2n) is 9.14. The molecule has 1 saturated carbocycles. The van der Waals surface area contributed by atoms with Crippen LogP contribution in [0.25, 0.3) is 10.9 Å². The third-order valence-corrected chi connectivity index (χ3v) is 8.09. The maximum Gasteiger partial charge on any atom is 0.257 e. The van der Waals surface area contributed by atoms with Gasteiger partial charge in [0.05, 0.1) is 37.0 Å². The van der Waals surface area contributed by atoms with E-state index in [1.54, 1.807) is 19.6 Å². The number of rotatable bonds is 5. The quantitative estimate of drug-likeness (QED) is 0.591. The van der Waals surface area contributed by atoms with E-state index in [9.17, 15) is 14.1 Å². The van der Waals surface area contributed by atoms with Gasteiger partial charge in [-0.1, -0.05) is 0 Å². The molecule has 0 bridgehead atoms. The van der Waals surface area contributed by atoms with Crippen LogP contribution in [0.5, 0.6) is 5.75 Å². The molecule has 2 aliphatic heterocycles. The molecule has 2 amide bonds. The van der Waals surface area contributed by atoms with Gasteiger partial charge in [-0.2, -0.15) is 0 Å². The average molecular weight is 486 g/mol. The van der Waals surface area contributed by atoms with E-state index in [1.807, 2.05) is 32.3 Å². The fraction of sp³-hybridized carbons (Fsp3) is 0.542. The second kappa shape index (κ2) is 9.59. The highest BCUT2D eigenvalue weighted by Gasteiger charge is 2.36. The van der Waals surface area contributed by atoms with E-state index >= 15 is 0 Å². The van der Waals surface area contributed by atoms with Gasteiger partial charge in [0.15, 0.2) is 0 Å². The standard InChI is InChI=1S/C24H31N5O4S/c1-33-18-5-6-21-19(15-18)22(26-11-13-29(14-12-26)34(2)32)20(16-25-21)24(31)28-9-7-27(8-10-28)23(30)17-3-4-17/h5-6,15-17H,3-4,7-14H2,1-2H3. The number of carbonyl (C=O) groups excluding carboxylic acids is 2. The highest BCUT2D eigenvalue weighted by atomic mass is 32.2. The molecule has 182 valence electrons. The number of benzene rings is 1. The highest BCUT2D eigenvalue weighted by Crippen LogP contribution is 2.35. The summed E-state index contributed by atoms with van der Waals surface area (Å²) in [6.07, 6.45) is 5.36. The average Bonchev–Trinajstić information content (AvgIpc) is 3.72. The number of fused-ring (bicyclic) bond motifs is 1. The third kappa shape index (κ3) is 4.54. The van der Waals surface area contributed by atoms with Crippen LogP contribution in [0.15, 0.2) is 24.4 Å². The van der Waals surface area contributed by atoms with Gasteiger partial charge in [-0.15, -0.1) is 4.31 Å². The second-order valence-corrected chi connectivity index (χ2v) is 10.5. The summed E-state index contributed by atoms with van der Waals surface area (Å²) in [4.78, 5) is 36.7. The van der Waals surface area contributed by atoms with Crippen molar-refractivity contribution in [2.24, 2.45) is 5.92 Å². The molecule has 1 aromatic heterocycles. The topological polar surface area (TPSA) is 92.3 Å². The number of amides is 2. The first-order valence-corrected chi connectivity index (χ1v) is 13.4. The van der Waals surface area contributed by atoms with Gasteiger partial charge in [0.1, 0.15) is 12.0 Å². The van der Waals surface area contributed by atoms with E-state index in [4.69, 9.17) is 4.74 Å². The molecule has 10 heteroatoms. The minimum Gasteiger partial charge on any atom is -0.598 e. The predicted octanol–water partition coefficient (Wildman–Crippen LogP) is 1.35. The summed E-state index contributed by atoms with van der Waals surface area (Å²) in [5.74, 6) is 1.08. The lowest BCUT2D eigenvalue weighted by atomic mass is 10.1. The summed E-state index contributed by atoms with van der Waals surface area (Å²) >= 11 is -1.01. The first-order valence-electron chi connectivity index (χ1n) is 11.8. The van der Waals surface area contributed by atoms with E-state index in [0.717, 1.165) is 29.4 Å². The maximum absolute atomic E-state index is 13.7. The van der Waals surface area contributed by atoms with Gasteiger partial charge < -0.3 is 24.0 Å². The fourth-order valence-electron chi connectivity index (χ4n) is 4.84. The third-order valence-electron chi connectivity index (χ3n) is 7.00. The molecule has 2 aromatic rings. The van der Waals surface area contributed by atoms with Crippen LogP contribution in [0, 0.1) is 5.92 Å². The smallest absolute Gasteiger partial charge is 0.257 e. The number of methoxy groups -OCH3 is 1. The number of piperazine rings is 2. The van der Waals surface area contributed by atoms with E-state index in [-0.39, 0.29) is 17.7 Å². The van der Waals surface area contributed by atoms with Crippen LogP contribution in [0.4, 0.5) is 5.69 Å². The molecule has 3 heterocycles. The van der Waals surface area contributed by atoms with Crippen LogP contribution < -0.4 is 9.64 Å². The summed E-state index contributed by atoms with van der Waals surface area (Å²) in [6, 6.07) is 5.71. The van der Waals surface area contributed by atoms with E-state index in [1.165, 1.54) is 0 Å². The monoisotopic (exact) mass is 485 g/mol. The van der Waals surface area contributed by atoms with Gasteiger partial charge in [-0.05, 0) is 31.0 Å². The van der Waals surface area contributed by atoms with Gasteiger partial charge >= 0.3 is 0 Å². The van der Waals surface area contributed by atoms with Crippen LogP contribution >= 0.6 is 0 Å². The number of anilines is 1. The molecule has 0 spiro atoms. The molecule has 3 fully saturated rings. The Kier molecular flexibility index (Phi) is 6.54. The minimum absolute atomic E-state index is 0.0627. The normalized spacial score (nSPS) is 20.5. The van der Waals surface area contributed by atoms with Crippen molar-refractivity contribution >= 4 is 39.8 Å². The van der Waals surface area contributed by atoms with Crippen molar-refractivity contribution in [2.45, 2.75) is 12.8 Å². The number of aromatic nitrogens is 1. The number of hydrogen-bond donors (Lipinski definition) is 0. The van der Waals surface area contributed by atoms with Gasteiger partial charge in [-0.25, -0.2) is 0 Å². The molecule has 5 rings (SSSR count). The van der Waals surface area contributed by atoms with Gasteiger partial charge in [0.25, 0.3) is 5.91 Å². The van der Waals surface area contributed by atoms with Crippen molar-refractivity contribution in [3.63, 3.8) is 0 Å². The Bertz CT molecular complexity index is 1080. The van der Waals surface area contributed by atoms with Gasteiger partial charge in [0, 0.05) is 68.1 Å². The Morgan fingerprint density at radius 3 is 2.32 bits per heavy atom. The lowest BCUT2D eigenvalue weighted by Gasteiger charge is -2.38. The largest absolute Gasteiger partial charge is 0.598 e. The minimum atomic E-state index is -1.01. The zero-order chi connectivity index (χ0) is 23.8. The van der Waals surface area contributed by atoms with Crippen LogP contribution in [0.1, 0.15) is 23.2 Å². The molecule has 3 aliphatic rings. The van der Waals surface area contributed by atoms with Crippen molar-refractivity contribution in [1.82, 2.24) is 19.1 Å². The molecule has 0 radical (unpaired) electrons. The molecule has 1 aliphatic carbocycles. The molecular weight excluding hydrogens is 454 g/mol. The maximum atomic E-state index is 13.7. The molecule has 1 aromatic carbocycles. The van der Waals surface area contributed by atoms with E-state index in [2.05, 4.69) is 9.88 Å². The number of nitrogens with zero attached hydrogens (tertiary/aromatic N) is 5. The van der Waals surface area contributed by atoms with Crippen LogP contribution in [0.2, 0.25) is 0 Å². The van der Waals surface area contributed by atoms with Crippen LogP contribution in [0.3, 0.4) is 0 Å². The predicted molar refractivity (Wildman–Crippen MR) is 131 cm³/mol. The Morgan fingerprint density at radius 1 is 1.03 bits per heavy atom. The van der Waals surface area contributed by atoms with Crippen molar-refractivity contribution in [3.05, 3.63) is 30.0 Å². The molecule has 1 unspecified atom stereocenters. The summed E-state index contributed by atoms with van der Waals surface area (Å²) in [5, 5.41) is 0.874. The van der Waals surface area contributed by atoms with E-state index in [0.29, 0.717) is 63.7 Å². The van der Waals surface area contributed by atoms with Crippen molar-refractivity contribution < 1.29 is 18.9 Å². The first-order chi connectivity index (χ1) is 16.5. The summed E-state index contributed by atoms with van der Waals surface area (Å²) in [5.41, 5.74) is 2.22. The molecule has 9 nitrogen and oxygen atoms in total. The Hall–Kier alpha value is -2.56. The first kappa shape index (κ1) is 23.2. The Morgan fingerprint density at radius 2 is 1.71 bits per heavy atom. The highest BCUT2D eigenvalue weighted by molar-refractivity contribution is 7.88. The Labute approximate surface area is 202 Å². The molecule has 34 heavy (non-hydrogen) atoms. The molecule has 0 N–H and O–H groups in total. The number of pyridine rings is 1. The molecular formula is C24H31N5O4S. The SMILES string of the molecule is COc1ccc2ncc(C(=O)N3CCN(C(=O)C4CC4)CC3)c(N3CCN([S+](C)[O-])CC3)c2c1. The number of ether oxygens (including phenoxy) is 1. The van der Waals surface area contributed by atoms with Crippen LogP contribution in [-0.4, -0.2) is 101 Å². The van der Waals surface area contributed by atoms with Crippen LogP contribution in [-0.2, 0) is 16.2 Å². The summed E-state index contributed by atoms with van der Waals surface area (Å²) in [6.45, 7) is 4.85.